The molecule has 8 nitrogen and oxygen atoms in total. The quantitative estimate of drug-likeness (QED) is 0.379. The normalized spacial score (nSPS) is 15.3. The Hall–Kier alpha value is -4.43. The lowest BCUT2D eigenvalue weighted by molar-refractivity contribution is 0.0502. The third kappa shape index (κ3) is 4.71. The summed E-state index contributed by atoms with van der Waals surface area (Å²) in [5.41, 5.74) is 3.22. The number of aromatic amines is 1. The van der Waals surface area contributed by atoms with E-state index in [2.05, 4.69) is 15.0 Å². The van der Waals surface area contributed by atoms with Crippen LogP contribution in [0.25, 0.3) is 33.1 Å². The van der Waals surface area contributed by atoms with E-state index in [1.165, 1.54) is 0 Å². The first-order valence-electron chi connectivity index (χ1n) is 12.3. The lowest BCUT2D eigenvalue weighted by Gasteiger charge is -2.26. The minimum absolute atomic E-state index is 0.0658. The third-order valence-electron chi connectivity index (χ3n) is 6.66. The maximum atomic E-state index is 14.2. The molecular formula is C29H25N5O3. The van der Waals surface area contributed by atoms with E-state index in [9.17, 15) is 9.59 Å². The molecule has 1 atom stereocenters. The van der Waals surface area contributed by atoms with E-state index in [4.69, 9.17) is 9.72 Å². The number of nitrogens with one attached hydrogen (secondary N) is 1. The molecule has 37 heavy (non-hydrogen) atoms. The molecule has 0 bridgehead atoms. The Morgan fingerprint density at radius 3 is 2.46 bits per heavy atom. The zero-order valence-electron chi connectivity index (χ0n) is 20.1. The largest absolute Gasteiger partial charge is 0.376 e. The van der Waals surface area contributed by atoms with Crippen molar-refractivity contribution < 1.29 is 9.53 Å². The number of aromatic nitrogens is 4. The van der Waals surface area contributed by atoms with Crippen molar-refractivity contribution in [3.8, 4) is 11.3 Å². The number of rotatable bonds is 6. The van der Waals surface area contributed by atoms with E-state index in [0.29, 0.717) is 41.1 Å². The summed E-state index contributed by atoms with van der Waals surface area (Å²) in [6.07, 6.45) is 5.19. The molecule has 1 aliphatic heterocycles. The molecule has 8 heteroatoms. The Kier molecular flexibility index (Phi) is 6.16. The van der Waals surface area contributed by atoms with Gasteiger partial charge in [0.2, 0.25) is 0 Å². The van der Waals surface area contributed by atoms with Crippen molar-refractivity contribution in [3.63, 3.8) is 0 Å². The fraction of sp³-hybridized carbons (Fsp3) is 0.207. The Bertz CT molecular complexity index is 1640. The predicted octanol–water partition coefficient (Wildman–Crippen LogP) is 4.35. The van der Waals surface area contributed by atoms with Gasteiger partial charge >= 0.3 is 0 Å². The molecule has 5 aromatic rings. The number of benzene rings is 2. The number of nitrogens with zero attached hydrogens (tertiary/aromatic N) is 4. The summed E-state index contributed by atoms with van der Waals surface area (Å²) in [5.74, 6) is 0.267. The van der Waals surface area contributed by atoms with Crippen LogP contribution in [0.1, 0.15) is 29.0 Å². The number of hydrogen-bond donors (Lipinski definition) is 1. The maximum absolute atomic E-state index is 14.2. The van der Waals surface area contributed by atoms with Gasteiger partial charge in [-0.2, -0.15) is 0 Å². The number of carbonyl (C=O) groups excluding carboxylic acids is 1. The average molecular weight is 492 g/mol. The number of pyridine rings is 2. The molecule has 0 aliphatic carbocycles. The second-order valence-electron chi connectivity index (χ2n) is 9.16. The van der Waals surface area contributed by atoms with Crippen LogP contribution in [0.4, 0.5) is 0 Å². The fourth-order valence-electron chi connectivity index (χ4n) is 4.84. The highest BCUT2D eigenvalue weighted by molar-refractivity contribution is 6.07. The second-order valence-corrected chi connectivity index (χ2v) is 9.16. The van der Waals surface area contributed by atoms with E-state index in [0.717, 1.165) is 29.3 Å². The van der Waals surface area contributed by atoms with Crippen LogP contribution in [-0.4, -0.2) is 50.0 Å². The molecule has 2 aromatic carbocycles. The number of para-hydroxylation sites is 2. The summed E-state index contributed by atoms with van der Waals surface area (Å²) in [6, 6.07) is 20.4. The molecule has 1 saturated heterocycles. The molecular weight excluding hydrogens is 466 g/mol. The minimum Gasteiger partial charge on any atom is -0.376 e. The van der Waals surface area contributed by atoms with Crippen LogP contribution in [0.5, 0.6) is 0 Å². The van der Waals surface area contributed by atoms with Crippen LogP contribution in [0, 0.1) is 0 Å². The number of ether oxygens (including phenoxy) is 1. The van der Waals surface area contributed by atoms with Gasteiger partial charge in [-0.1, -0.05) is 30.3 Å². The van der Waals surface area contributed by atoms with Crippen LogP contribution in [-0.2, 0) is 11.3 Å². The fourth-order valence-corrected chi connectivity index (χ4v) is 4.84. The molecule has 1 N–H and O–H groups in total. The van der Waals surface area contributed by atoms with Gasteiger partial charge in [-0.05, 0) is 49.2 Å². The van der Waals surface area contributed by atoms with Crippen molar-refractivity contribution in [3.05, 3.63) is 101 Å². The smallest absolute Gasteiger partial charge is 0.258 e. The van der Waals surface area contributed by atoms with Gasteiger partial charge in [0, 0.05) is 36.5 Å². The highest BCUT2D eigenvalue weighted by Gasteiger charge is 2.26. The first kappa shape index (κ1) is 23.0. The van der Waals surface area contributed by atoms with E-state index in [1.54, 1.807) is 35.5 Å². The van der Waals surface area contributed by atoms with Crippen molar-refractivity contribution in [1.82, 2.24) is 24.8 Å². The summed E-state index contributed by atoms with van der Waals surface area (Å²) in [5, 5.41) is 1.29. The van der Waals surface area contributed by atoms with Crippen LogP contribution in [0.2, 0.25) is 0 Å². The monoisotopic (exact) mass is 491 g/mol. The molecule has 3 aromatic heterocycles. The Morgan fingerprint density at radius 2 is 1.70 bits per heavy atom. The molecule has 184 valence electrons. The van der Waals surface area contributed by atoms with Crippen molar-refractivity contribution >= 4 is 27.7 Å². The SMILES string of the molecule is O=C(c1cc(-c2ccncc2)nc2ccccc12)N(Cc1nc2ccccc2c(=O)[nH]1)C[C@H]1CCCO1. The summed E-state index contributed by atoms with van der Waals surface area (Å²) < 4.78 is 5.88. The number of H-pyrrole nitrogens is 1. The Morgan fingerprint density at radius 1 is 0.973 bits per heavy atom. The van der Waals surface area contributed by atoms with Gasteiger partial charge in [-0.25, -0.2) is 9.97 Å². The van der Waals surface area contributed by atoms with Crippen LogP contribution in [0.15, 0.2) is 83.9 Å². The summed E-state index contributed by atoms with van der Waals surface area (Å²) in [6.45, 7) is 1.23. The molecule has 1 fully saturated rings. The summed E-state index contributed by atoms with van der Waals surface area (Å²) >= 11 is 0. The molecule has 0 spiro atoms. The lowest BCUT2D eigenvalue weighted by Crippen LogP contribution is -2.38. The van der Waals surface area contributed by atoms with Crippen molar-refractivity contribution in [1.29, 1.82) is 0 Å². The van der Waals surface area contributed by atoms with Gasteiger partial charge < -0.3 is 14.6 Å². The zero-order chi connectivity index (χ0) is 25.2. The number of amides is 1. The highest BCUT2D eigenvalue weighted by Crippen LogP contribution is 2.27. The second kappa shape index (κ2) is 9.91. The minimum atomic E-state index is -0.223. The Balaban J connectivity index is 1.43. The highest BCUT2D eigenvalue weighted by atomic mass is 16.5. The summed E-state index contributed by atoms with van der Waals surface area (Å²) in [4.78, 5) is 45.0. The molecule has 0 radical (unpaired) electrons. The number of fused-ring (bicyclic) bond motifs is 2. The predicted molar refractivity (Wildman–Crippen MR) is 141 cm³/mol. The third-order valence-corrected chi connectivity index (χ3v) is 6.66. The van der Waals surface area contributed by atoms with Crippen LogP contribution >= 0.6 is 0 Å². The molecule has 0 unspecified atom stereocenters. The van der Waals surface area contributed by atoms with E-state index in [-0.39, 0.29) is 24.1 Å². The lowest BCUT2D eigenvalue weighted by atomic mass is 10.0. The molecule has 0 saturated carbocycles. The topological polar surface area (TPSA) is 101 Å². The van der Waals surface area contributed by atoms with E-state index >= 15 is 0 Å². The first-order chi connectivity index (χ1) is 18.2. The van der Waals surface area contributed by atoms with Gasteiger partial charge in [0.25, 0.3) is 11.5 Å². The molecule has 4 heterocycles. The average Bonchev–Trinajstić information content (AvgIpc) is 3.45. The zero-order valence-corrected chi connectivity index (χ0v) is 20.1. The standard InChI is InChI=1S/C29H25N5O3/c35-28-22-8-2-4-10-25(22)32-27(33-28)18-34(17-20-6-5-15-37-20)29(36)23-16-26(19-11-13-30-14-12-19)31-24-9-3-1-7-21(23)24/h1-4,7-14,16,20H,5-6,15,17-18H2,(H,32,33,35)/t20-/m1/s1. The van der Waals surface area contributed by atoms with Gasteiger partial charge in [0.05, 0.1) is 40.3 Å². The van der Waals surface area contributed by atoms with Crippen molar-refractivity contribution in [2.24, 2.45) is 0 Å². The number of carbonyl (C=O) groups is 1. The number of hydrogen-bond acceptors (Lipinski definition) is 6. The van der Waals surface area contributed by atoms with Crippen LogP contribution < -0.4 is 5.56 Å². The van der Waals surface area contributed by atoms with Gasteiger partial charge in [0.1, 0.15) is 5.82 Å². The molecule has 6 rings (SSSR count). The van der Waals surface area contributed by atoms with Crippen molar-refractivity contribution in [2.75, 3.05) is 13.2 Å². The van der Waals surface area contributed by atoms with Crippen LogP contribution in [0.3, 0.4) is 0 Å². The molecule has 1 aliphatic rings. The maximum Gasteiger partial charge on any atom is 0.258 e. The van der Waals surface area contributed by atoms with Gasteiger partial charge in [-0.3, -0.25) is 14.6 Å². The van der Waals surface area contributed by atoms with Crippen molar-refractivity contribution in [2.45, 2.75) is 25.5 Å². The first-order valence-corrected chi connectivity index (χ1v) is 12.3. The van der Waals surface area contributed by atoms with Gasteiger partial charge in [-0.15, -0.1) is 0 Å². The molecule has 1 amide bonds. The van der Waals surface area contributed by atoms with Gasteiger partial charge in [0.15, 0.2) is 0 Å². The van der Waals surface area contributed by atoms with E-state index in [1.807, 2.05) is 48.5 Å². The Labute approximate surface area is 213 Å². The summed E-state index contributed by atoms with van der Waals surface area (Å²) in [7, 11) is 0. The van der Waals surface area contributed by atoms with E-state index < -0.39 is 0 Å².